The molecule has 0 radical (unpaired) electrons. The van der Waals surface area contributed by atoms with Crippen LogP contribution in [0.3, 0.4) is 0 Å². The largest absolute Gasteiger partial charge is 0.463 e. The Morgan fingerprint density at radius 1 is 1.21 bits per heavy atom. The Morgan fingerprint density at radius 2 is 2.04 bits per heavy atom. The van der Waals surface area contributed by atoms with Crippen molar-refractivity contribution in [1.82, 2.24) is 9.88 Å². The maximum Gasteiger partial charge on any atom is 0.295 e. The molecule has 1 aromatic carbocycles. The number of hydrogen-bond acceptors (Lipinski definition) is 6. The standard InChI is InChI=1S/C18H23N3O2S/c1-5-19-18-20-14-10-12(6-8-15(14)23-18)17(24-4)16-9-7-13(22-16)11-21(2)3/h6-10,17H,5,11H2,1-4H3,(H,19,20). The van der Waals surface area contributed by atoms with E-state index in [9.17, 15) is 0 Å². The number of anilines is 1. The van der Waals surface area contributed by atoms with Crippen LogP contribution in [-0.4, -0.2) is 36.8 Å². The third-order valence-electron chi connectivity index (χ3n) is 3.69. The van der Waals surface area contributed by atoms with E-state index in [4.69, 9.17) is 8.83 Å². The number of thioether (sulfide) groups is 1. The van der Waals surface area contributed by atoms with E-state index >= 15 is 0 Å². The van der Waals surface area contributed by atoms with E-state index in [-0.39, 0.29) is 5.25 Å². The molecular weight excluding hydrogens is 322 g/mol. The molecule has 0 aliphatic carbocycles. The minimum absolute atomic E-state index is 0.143. The van der Waals surface area contributed by atoms with E-state index in [1.54, 1.807) is 11.8 Å². The van der Waals surface area contributed by atoms with E-state index < -0.39 is 0 Å². The number of benzene rings is 1. The molecule has 0 saturated carbocycles. The zero-order valence-corrected chi connectivity index (χ0v) is 15.3. The predicted octanol–water partition coefficient (Wildman–Crippen LogP) is 4.37. The van der Waals surface area contributed by atoms with Crippen molar-refractivity contribution in [3.8, 4) is 0 Å². The quantitative estimate of drug-likeness (QED) is 0.686. The van der Waals surface area contributed by atoms with Gasteiger partial charge in [0.2, 0.25) is 0 Å². The Labute approximate surface area is 146 Å². The Bertz CT molecular complexity index is 810. The van der Waals surface area contributed by atoms with Crippen LogP contribution in [0.2, 0.25) is 0 Å². The molecule has 3 rings (SSSR count). The monoisotopic (exact) mass is 345 g/mol. The first-order valence-electron chi connectivity index (χ1n) is 8.01. The van der Waals surface area contributed by atoms with E-state index in [0.717, 1.165) is 41.3 Å². The van der Waals surface area contributed by atoms with Crippen LogP contribution in [0.15, 0.2) is 39.2 Å². The molecule has 0 fully saturated rings. The smallest absolute Gasteiger partial charge is 0.295 e. The maximum absolute atomic E-state index is 6.04. The lowest BCUT2D eigenvalue weighted by Gasteiger charge is -2.12. The molecule has 24 heavy (non-hydrogen) atoms. The van der Waals surface area contributed by atoms with Gasteiger partial charge >= 0.3 is 0 Å². The van der Waals surface area contributed by atoms with Gasteiger partial charge < -0.3 is 19.1 Å². The summed E-state index contributed by atoms with van der Waals surface area (Å²) >= 11 is 1.75. The summed E-state index contributed by atoms with van der Waals surface area (Å²) in [6, 6.07) is 10.8. The fraction of sp³-hybridized carbons (Fsp3) is 0.389. The van der Waals surface area contributed by atoms with Crippen LogP contribution in [0.4, 0.5) is 6.01 Å². The number of oxazole rings is 1. The molecule has 1 atom stereocenters. The van der Waals surface area contributed by atoms with Crippen LogP contribution in [0.1, 0.15) is 29.3 Å². The van der Waals surface area contributed by atoms with Crippen molar-refractivity contribution in [1.29, 1.82) is 0 Å². The zero-order chi connectivity index (χ0) is 17.1. The van der Waals surface area contributed by atoms with Crippen molar-refractivity contribution in [2.45, 2.75) is 18.7 Å². The highest BCUT2D eigenvalue weighted by atomic mass is 32.2. The van der Waals surface area contributed by atoms with Crippen LogP contribution in [0.25, 0.3) is 11.1 Å². The molecule has 1 N–H and O–H groups in total. The zero-order valence-electron chi connectivity index (χ0n) is 14.5. The molecule has 1 unspecified atom stereocenters. The van der Waals surface area contributed by atoms with Crippen molar-refractivity contribution in [3.63, 3.8) is 0 Å². The average molecular weight is 345 g/mol. The first kappa shape index (κ1) is 16.9. The van der Waals surface area contributed by atoms with E-state index in [1.807, 2.05) is 27.1 Å². The van der Waals surface area contributed by atoms with Crippen molar-refractivity contribution in [2.24, 2.45) is 0 Å². The average Bonchev–Trinajstić information content (AvgIpc) is 3.14. The molecule has 0 spiro atoms. The molecule has 128 valence electrons. The third kappa shape index (κ3) is 3.60. The molecule has 0 aliphatic heterocycles. The van der Waals surface area contributed by atoms with Gasteiger partial charge in [-0.25, -0.2) is 0 Å². The maximum atomic E-state index is 6.04. The van der Waals surface area contributed by atoms with E-state index in [2.05, 4.69) is 45.7 Å². The highest BCUT2D eigenvalue weighted by molar-refractivity contribution is 7.99. The fourth-order valence-electron chi connectivity index (χ4n) is 2.68. The molecule has 2 heterocycles. The Kier molecular flexibility index (Phi) is 5.16. The summed E-state index contributed by atoms with van der Waals surface area (Å²) in [7, 11) is 4.07. The first-order chi connectivity index (χ1) is 11.6. The van der Waals surface area contributed by atoms with Crippen LogP contribution in [0.5, 0.6) is 0 Å². The van der Waals surface area contributed by atoms with Gasteiger partial charge in [0.1, 0.15) is 17.0 Å². The second-order valence-electron chi connectivity index (χ2n) is 5.93. The summed E-state index contributed by atoms with van der Waals surface area (Å²) in [4.78, 5) is 6.59. The lowest BCUT2D eigenvalue weighted by atomic mass is 10.1. The predicted molar refractivity (Wildman–Crippen MR) is 99.6 cm³/mol. The number of rotatable bonds is 7. The summed E-state index contributed by atoms with van der Waals surface area (Å²) < 4.78 is 11.7. The van der Waals surface area contributed by atoms with Crippen LogP contribution >= 0.6 is 11.8 Å². The molecule has 5 nitrogen and oxygen atoms in total. The Balaban J connectivity index is 1.89. The van der Waals surface area contributed by atoms with Crippen LogP contribution < -0.4 is 5.32 Å². The fourth-order valence-corrected chi connectivity index (χ4v) is 3.46. The molecule has 0 saturated heterocycles. The summed E-state index contributed by atoms with van der Waals surface area (Å²) in [5.74, 6) is 1.94. The van der Waals surface area contributed by atoms with Gasteiger partial charge in [-0.15, -0.1) is 11.8 Å². The summed E-state index contributed by atoms with van der Waals surface area (Å²) in [5, 5.41) is 3.25. The topological polar surface area (TPSA) is 54.4 Å². The third-order valence-corrected chi connectivity index (χ3v) is 4.67. The molecular formula is C18H23N3O2S. The summed E-state index contributed by atoms with van der Waals surface area (Å²) in [5.41, 5.74) is 2.82. The highest BCUT2D eigenvalue weighted by Gasteiger charge is 2.19. The van der Waals surface area contributed by atoms with Gasteiger partial charge in [0.05, 0.1) is 11.8 Å². The summed E-state index contributed by atoms with van der Waals surface area (Å²) in [6.45, 7) is 3.61. The van der Waals surface area contributed by atoms with Crippen molar-refractivity contribution < 1.29 is 8.83 Å². The number of nitrogens with one attached hydrogen (secondary N) is 1. The molecule has 0 aliphatic rings. The molecule has 3 aromatic rings. The second kappa shape index (κ2) is 7.32. The van der Waals surface area contributed by atoms with Gasteiger partial charge in [-0.2, -0.15) is 4.98 Å². The number of nitrogens with zero attached hydrogens (tertiary/aromatic N) is 2. The van der Waals surface area contributed by atoms with Crippen LogP contribution in [0, 0.1) is 0 Å². The summed E-state index contributed by atoms with van der Waals surface area (Å²) in [6.07, 6.45) is 2.09. The first-order valence-corrected chi connectivity index (χ1v) is 9.30. The lowest BCUT2D eigenvalue weighted by Crippen LogP contribution is -2.09. The SMILES string of the molecule is CCNc1nc2cc(C(SC)c3ccc(CN(C)C)o3)ccc2o1. The Hall–Kier alpha value is -1.92. The minimum atomic E-state index is 0.143. The van der Waals surface area contributed by atoms with Gasteiger partial charge in [-0.05, 0) is 57.1 Å². The normalized spacial score (nSPS) is 12.9. The van der Waals surface area contributed by atoms with Gasteiger partial charge in [0, 0.05) is 6.54 Å². The lowest BCUT2D eigenvalue weighted by molar-refractivity contribution is 0.343. The van der Waals surface area contributed by atoms with Gasteiger partial charge in [0.25, 0.3) is 6.01 Å². The van der Waals surface area contributed by atoms with Gasteiger partial charge in [0.15, 0.2) is 5.58 Å². The number of hydrogen-bond donors (Lipinski definition) is 1. The number of aromatic nitrogens is 1. The van der Waals surface area contributed by atoms with Crippen molar-refractivity contribution in [2.75, 3.05) is 32.2 Å². The minimum Gasteiger partial charge on any atom is -0.463 e. The van der Waals surface area contributed by atoms with Crippen molar-refractivity contribution >= 4 is 28.9 Å². The van der Waals surface area contributed by atoms with Gasteiger partial charge in [-0.1, -0.05) is 6.07 Å². The van der Waals surface area contributed by atoms with Gasteiger partial charge in [-0.3, -0.25) is 0 Å². The molecule has 0 bridgehead atoms. The van der Waals surface area contributed by atoms with Crippen LogP contribution in [-0.2, 0) is 6.54 Å². The Morgan fingerprint density at radius 3 is 2.75 bits per heavy atom. The number of furan rings is 1. The highest BCUT2D eigenvalue weighted by Crippen LogP contribution is 2.36. The van der Waals surface area contributed by atoms with E-state index in [1.165, 1.54) is 0 Å². The molecule has 6 heteroatoms. The number of fused-ring (bicyclic) bond motifs is 1. The van der Waals surface area contributed by atoms with E-state index in [0.29, 0.717) is 6.01 Å². The second-order valence-corrected chi connectivity index (χ2v) is 6.88. The molecule has 2 aromatic heterocycles. The van der Waals surface area contributed by atoms with Crippen molar-refractivity contribution in [3.05, 3.63) is 47.4 Å². The molecule has 0 amide bonds.